The van der Waals surface area contributed by atoms with Crippen LogP contribution in [0.3, 0.4) is 0 Å². The van der Waals surface area contributed by atoms with Crippen molar-refractivity contribution in [2.75, 3.05) is 13.7 Å². The molecule has 5 nitrogen and oxygen atoms in total. The molecule has 0 N–H and O–H groups in total. The van der Waals surface area contributed by atoms with Crippen LogP contribution in [0.2, 0.25) is 5.02 Å². The lowest BCUT2D eigenvalue weighted by Crippen LogP contribution is -2.34. The molecule has 0 aliphatic heterocycles. The van der Waals surface area contributed by atoms with Gasteiger partial charge >= 0.3 is 5.97 Å². The van der Waals surface area contributed by atoms with Gasteiger partial charge in [-0.05, 0) is 11.6 Å². The first kappa shape index (κ1) is 19.0. The van der Waals surface area contributed by atoms with Gasteiger partial charge in [0.1, 0.15) is 5.69 Å². The maximum Gasteiger partial charge on any atom is 0.307 e. The van der Waals surface area contributed by atoms with Crippen LogP contribution >= 0.6 is 11.6 Å². The van der Waals surface area contributed by atoms with E-state index in [1.165, 1.54) is 7.11 Å². The molecule has 1 aromatic heterocycles. The fourth-order valence-electron chi connectivity index (χ4n) is 3.12. The molecule has 3 rings (SSSR count). The van der Waals surface area contributed by atoms with Crippen LogP contribution in [0, 0.1) is 0 Å². The van der Waals surface area contributed by atoms with Crippen LogP contribution in [0.1, 0.15) is 22.5 Å². The van der Waals surface area contributed by atoms with Crippen LogP contribution in [0.4, 0.5) is 0 Å². The maximum absolute atomic E-state index is 13.3. The van der Waals surface area contributed by atoms with E-state index >= 15 is 0 Å². The van der Waals surface area contributed by atoms with Crippen molar-refractivity contribution in [2.45, 2.75) is 13.0 Å². The zero-order chi connectivity index (χ0) is 19.4. The highest BCUT2D eigenvalue weighted by atomic mass is 35.5. The van der Waals surface area contributed by atoms with Crippen LogP contribution < -0.4 is 0 Å². The number of amides is 1. The van der Waals surface area contributed by atoms with E-state index in [1.54, 1.807) is 9.47 Å². The van der Waals surface area contributed by atoms with E-state index in [1.807, 2.05) is 61.6 Å². The second kappa shape index (κ2) is 8.27. The van der Waals surface area contributed by atoms with Crippen molar-refractivity contribution >= 4 is 34.4 Å². The summed E-state index contributed by atoms with van der Waals surface area (Å²) in [5, 5.41) is 1.26. The summed E-state index contributed by atoms with van der Waals surface area (Å²) < 4.78 is 6.53. The highest BCUT2D eigenvalue weighted by Crippen LogP contribution is 2.31. The third-order valence-electron chi connectivity index (χ3n) is 4.56. The number of methoxy groups -OCH3 is 1. The number of halogens is 1. The van der Waals surface area contributed by atoms with Gasteiger partial charge in [0.25, 0.3) is 5.91 Å². The third kappa shape index (κ3) is 3.98. The number of carbonyl (C=O) groups is 2. The first-order chi connectivity index (χ1) is 13.0. The van der Waals surface area contributed by atoms with Crippen LogP contribution in [0.5, 0.6) is 0 Å². The first-order valence-electron chi connectivity index (χ1n) is 8.66. The summed E-state index contributed by atoms with van der Waals surface area (Å²) in [7, 11) is 3.16. The Morgan fingerprint density at radius 1 is 1.07 bits per heavy atom. The fraction of sp³-hybridized carbons (Fsp3) is 0.238. The molecular weight excluding hydrogens is 364 g/mol. The number of nitrogens with zero attached hydrogens (tertiary/aromatic N) is 2. The average Bonchev–Trinajstić information content (AvgIpc) is 2.96. The molecule has 0 spiro atoms. The quantitative estimate of drug-likeness (QED) is 0.603. The number of carbonyl (C=O) groups excluding carboxylic acids is 2. The first-order valence-corrected chi connectivity index (χ1v) is 9.03. The number of hydrogen-bond donors (Lipinski definition) is 0. The van der Waals surface area contributed by atoms with Crippen molar-refractivity contribution in [1.29, 1.82) is 0 Å². The molecule has 1 heterocycles. The summed E-state index contributed by atoms with van der Waals surface area (Å²) in [5.41, 5.74) is 2.28. The molecule has 0 saturated heterocycles. The highest BCUT2D eigenvalue weighted by Gasteiger charge is 2.25. The lowest BCUT2D eigenvalue weighted by Gasteiger charge is -2.23. The van der Waals surface area contributed by atoms with Gasteiger partial charge in [0, 0.05) is 31.0 Å². The van der Waals surface area contributed by atoms with E-state index in [0.29, 0.717) is 17.3 Å². The second-order valence-electron chi connectivity index (χ2n) is 6.28. The number of para-hydroxylation sites is 1. The minimum atomic E-state index is -0.357. The summed E-state index contributed by atoms with van der Waals surface area (Å²) in [6.45, 7) is 0.632. The summed E-state index contributed by atoms with van der Waals surface area (Å²) in [6.07, 6.45) is 0.122. The minimum absolute atomic E-state index is 0.122. The number of ether oxygens (including phenoxy) is 1. The molecule has 6 heteroatoms. The van der Waals surface area contributed by atoms with E-state index in [4.69, 9.17) is 16.3 Å². The summed E-state index contributed by atoms with van der Waals surface area (Å²) >= 11 is 6.53. The Morgan fingerprint density at radius 3 is 2.41 bits per heavy atom. The van der Waals surface area contributed by atoms with Gasteiger partial charge < -0.3 is 14.2 Å². The predicted octanol–water partition coefficient (Wildman–Crippen LogP) is 4.04. The molecule has 0 saturated carbocycles. The largest absolute Gasteiger partial charge is 0.469 e. The maximum atomic E-state index is 13.3. The molecule has 0 atom stereocenters. The summed E-state index contributed by atoms with van der Waals surface area (Å²) in [6, 6.07) is 17.3. The van der Waals surface area contributed by atoms with E-state index in [0.717, 1.165) is 16.5 Å². The lowest BCUT2D eigenvalue weighted by molar-refractivity contribution is -0.140. The normalized spacial score (nSPS) is 10.8. The number of benzene rings is 2. The number of aryl methyl sites for hydroxylation is 1. The molecule has 0 aliphatic carbocycles. The number of hydrogen-bond acceptors (Lipinski definition) is 3. The van der Waals surface area contributed by atoms with E-state index in [9.17, 15) is 9.59 Å². The molecule has 0 radical (unpaired) electrons. The van der Waals surface area contributed by atoms with Gasteiger partial charge in [-0.15, -0.1) is 0 Å². The fourth-order valence-corrected chi connectivity index (χ4v) is 3.49. The summed E-state index contributed by atoms with van der Waals surface area (Å²) in [5.74, 6) is -0.574. The van der Waals surface area contributed by atoms with Crippen molar-refractivity contribution in [2.24, 2.45) is 7.05 Å². The van der Waals surface area contributed by atoms with Crippen LogP contribution in [-0.4, -0.2) is 35.0 Å². The molecule has 0 bridgehead atoms. The van der Waals surface area contributed by atoms with E-state index in [2.05, 4.69) is 0 Å². The smallest absolute Gasteiger partial charge is 0.307 e. The van der Waals surface area contributed by atoms with Crippen molar-refractivity contribution < 1.29 is 14.3 Å². The van der Waals surface area contributed by atoms with Gasteiger partial charge in [0.2, 0.25) is 0 Å². The Bertz CT molecular complexity index is 927. The monoisotopic (exact) mass is 384 g/mol. The Labute approximate surface area is 163 Å². The number of rotatable bonds is 6. The average molecular weight is 385 g/mol. The van der Waals surface area contributed by atoms with Gasteiger partial charge in [0.15, 0.2) is 0 Å². The van der Waals surface area contributed by atoms with Crippen LogP contribution in [0.15, 0.2) is 54.6 Å². The van der Waals surface area contributed by atoms with Crippen molar-refractivity contribution in [3.63, 3.8) is 0 Å². The van der Waals surface area contributed by atoms with Crippen LogP contribution in [0.25, 0.3) is 10.9 Å². The zero-order valence-corrected chi connectivity index (χ0v) is 16.1. The summed E-state index contributed by atoms with van der Waals surface area (Å²) in [4.78, 5) is 26.6. The van der Waals surface area contributed by atoms with Gasteiger partial charge in [0.05, 0.1) is 18.6 Å². The standard InChI is InChI=1S/C21H21ClN2O3/c1-23-17-11-7-6-10-16(17)19(22)20(23)21(26)24(13-12-18(25)27-2)14-15-8-4-3-5-9-15/h3-11H,12-14H2,1-2H3. The van der Waals surface area contributed by atoms with Crippen molar-refractivity contribution in [3.05, 3.63) is 70.9 Å². The number of esters is 1. The Hall–Kier alpha value is -2.79. The van der Waals surface area contributed by atoms with E-state index in [-0.39, 0.29) is 24.8 Å². The second-order valence-corrected chi connectivity index (χ2v) is 6.66. The SMILES string of the molecule is COC(=O)CCN(Cc1ccccc1)C(=O)c1c(Cl)c2ccccc2n1C. The van der Waals surface area contributed by atoms with Gasteiger partial charge in [-0.25, -0.2) is 0 Å². The molecule has 140 valence electrons. The van der Waals surface area contributed by atoms with Crippen LogP contribution in [-0.2, 0) is 23.1 Å². The Balaban J connectivity index is 1.96. The van der Waals surface area contributed by atoms with Crippen molar-refractivity contribution in [3.8, 4) is 0 Å². The topological polar surface area (TPSA) is 51.5 Å². The molecule has 0 aliphatic rings. The molecular formula is C21H21ClN2O3. The molecule has 2 aromatic carbocycles. The Kier molecular flexibility index (Phi) is 5.81. The number of fused-ring (bicyclic) bond motifs is 1. The zero-order valence-electron chi connectivity index (χ0n) is 15.3. The lowest BCUT2D eigenvalue weighted by atomic mass is 10.2. The minimum Gasteiger partial charge on any atom is -0.469 e. The molecule has 3 aromatic rings. The van der Waals surface area contributed by atoms with Crippen molar-refractivity contribution in [1.82, 2.24) is 9.47 Å². The third-order valence-corrected chi connectivity index (χ3v) is 4.95. The van der Waals surface area contributed by atoms with E-state index < -0.39 is 0 Å². The predicted molar refractivity (Wildman–Crippen MR) is 106 cm³/mol. The molecule has 0 unspecified atom stereocenters. The number of aromatic nitrogens is 1. The molecule has 1 amide bonds. The van der Waals surface area contributed by atoms with Gasteiger partial charge in [-0.2, -0.15) is 0 Å². The highest BCUT2D eigenvalue weighted by molar-refractivity contribution is 6.38. The Morgan fingerprint density at radius 2 is 1.74 bits per heavy atom. The van der Waals surface area contributed by atoms with Gasteiger partial charge in [-0.1, -0.05) is 60.1 Å². The molecule has 27 heavy (non-hydrogen) atoms. The van der Waals surface area contributed by atoms with Gasteiger partial charge in [-0.3, -0.25) is 9.59 Å². The molecule has 0 fully saturated rings.